The molecule has 2 rings (SSSR count). The lowest BCUT2D eigenvalue weighted by molar-refractivity contribution is 0.102. The van der Waals surface area contributed by atoms with Crippen LogP contribution in [0.2, 0.25) is 10.2 Å². The molecule has 1 N–H and O–H groups in total. The number of amides is 1. The summed E-state index contributed by atoms with van der Waals surface area (Å²) in [6.45, 7) is 0. The molecule has 0 aliphatic carbocycles. The maximum Gasteiger partial charge on any atom is 0.275 e. The van der Waals surface area contributed by atoms with Crippen LogP contribution in [0.3, 0.4) is 0 Å². The standard InChI is InChI=1S/C13H12Cl2N4O/c1-19(2)11-4-3-8(5-9(11)14)17-13(20)10-6-16-7-12(15)18-10/h3-7H,1-2H3,(H,17,20). The zero-order chi connectivity index (χ0) is 14.7. The number of benzene rings is 1. The third kappa shape index (κ3) is 3.37. The second-order valence-electron chi connectivity index (χ2n) is 4.24. The molecule has 7 heteroatoms. The molecule has 0 bridgehead atoms. The normalized spacial score (nSPS) is 10.2. The molecule has 1 heterocycles. The van der Waals surface area contributed by atoms with Gasteiger partial charge in [-0.05, 0) is 18.2 Å². The number of hydrogen-bond donors (Lipinski definition) is 1. The van der Waals surface area contributed by atoms with Crippen LogP contribution in [-0.4, -0.2) is 30.0 Å². The fourth-order valence-corrected chi connectivity index (χ4v) is 2.09. The average Bonchev–Trinajstić information content (AvgIpc) is 2.38. The SMILES string of the molecule is CN(C)c1ccc(NC(=O)c2cncc(Cl)n2)cc1Cl. The van der Waals surface area contributed by atoms with Gasteiger partial charge in [0.2, 0.25) is 0 Å². The van der Waals surface area contributed by atoms with Crippen molar-refractivity contribution in [3.05, 3.63) is 46.5 Å². The molecule has 1 aromatic carbocycles. The molecule has 0 atom stereocenters. The van der Waals surface area contributed by atoms with E-state index in [1.54, 1.807) is 12.1 Å². The van der Waals surface area contributed by atoms with E-state index in [9.17, 15) is 4.79 Å². The van der Waals surface area contributed by atoms with Crippen LogP contribution in [0.5, 0.6) is 0 Å². The fraction of sp³-hybridized carbons (Fsp3) is 0.154. The predicted octanol–water partition coefficient (Wildman–Crippen LogP) is 3.10. The van der Waals surface area contributed by atoms with Gasteiger partial charge in [-0.15, -0.1) is 0 Å². The molecule has 104 valence electrons. The fourth-order valence-electron chi connectivity index (χ4n) is 1.59. The van der Waals surface area contributed by atoms with Crippen LogP contribution < -0.4 is 10.2 Å². The molecule has 0 fully saturated rings. The van der Waals surface area contributed by atoms with Gasteiger partial charge in [0, 0.05) is 19.8 Å². The lowest BCUT2D eigenvalue weighted by atomic mass is 10.2. The highest BCUT2D eigenvalue weighted by atomic mass is 35.5. The van der Waals surface area contributed by atoms with Gasteiger partial charge >= 0.3 is 0 Å². The molecule has 20 heavy (non-hydrogen) atoms. The summed E-state index contributed by atoms with van der Waals surface area (Å²) in [6, 6.07) is 5.26. The minimum absolute atomic E-state index is 0.144. The van der Waals surface area contributed by atoms with Gasteiger partial charge in [0.05, 0.1) is 23.1 Å². The smallest absolute Gasteiger partial charge is 0.275 e. The Kier molecular flexibility index (Phi) is 4.42. The van der Waals surface area contributed by atoms with Gasteiger partial charge < -0.3 is 10.2 Å². The molecule has 0 unspecified atom stereocenters. The topological polar surface area (TPSA) is 58.1 Å². The van der Waals surface area contributed by atoms with E-state index in [1.807, 2.05) is 25.1 Å². The lowest BCUT2D eigenvalue weighted by Crippen LogP contribution is -2.14. The number of nitrogens with one attached hydrogen (secondary N) is 1. The summed E-state index contributed by atoms with van der Waals surface area (Å²) in [6.07, 6.45) is 2.71. The number of nitrogens with zero attached hydrogens (tertiary/aromatic N) is 3. The van der Waals surface area contributed by atoms with Crippen molar-refractivity contribution in [2.24, 2.45) is 0 Å². The molecule has 0 saturated heterocycles. The molecule has 0 aliphatic rings. The Labute approximate surface area is 126 Å². The highest BCUT2D eigenvalue weighted by Crippen LogP contribution is 2.27. The number of halogens is 2. The Bertz CT molecular complexity index is 646. The van der Waals surface area contributed by atoms with Gasteiger partial charge in [0.15, 0.2) is 0 Å². The van der Waals surface area contributed by atoms with Gasteiger partial charge in [-0.3, -0.25) is 9.78 Å². The first-order valence-electron chi connectivity index (χ1n) is 5.73. The van der Waals surface area contributed by atoms with Crippen molar-refractivity contribution in [1.82, 2.24) is 9.97 Å². The molecular formula is C13H12Cl2N4O. The van der Waals surface area contributed by atoms with E-state index in [0.717, 1.165) is 5.69 Å². The Hall–Kier alpha value is -1.85. The van der Waals surface area contributed by atoms with E-state index < -0.39 is 5.91 Å². The van der Waals surface area contributed by atoms with Gasteiger partial charge in [0.25, 0.3) is 5.91 Å². The number of carbonyl (C=O) groups is 1. The monoisotopic (exact) mass is 310 g/mol. The molecule has 2 aromatic rings. The van der Waals surface area contributed by atoms with Crippen molar-refractivity contribution in [1.29, 1.82) is 0 Å². The number of rotatable bonds is 3. The Morgan fingerprint density at radius 3 is 2.60 bits per heavy atom. The quantitative estimate of drug-likeness (QED) is 0.946. The van der Waals surface area contributed by atoms with Gasteiger partial charge in [0.1, 0.15) is 10.8 Å². The largest absolute Gasteiger partial charge is 0.376 e. The maximum absolute atomic E-state index is 12.0. The van der Waals surface area contributed by atoms with Crippen LogP contribution in [0, 0.1) is 0 Å². The van der Waals surface area contributed by atoms with Crippen molar-refractivity contribution in [2.75, 3.05) is 24.3 Å². The predicted molar refractivity (Wildman–Crippen MR) is 80.8 cm³/mol. The molecule has 0 aliphatic heterocycles. The first-order valence-corrected chi connectivity index (χ1v) is 6.49. The molecular weight excluding hydrogens is 299 g/mol. The molecule has 0 spiro atoms. The maximum atomic E-state index is 12.0. The lowest BCUT2D eigenvalue weighted by Gasteiger charge is -2.15. The molecule has 0 saturated carbocycles. The minimum Gasteiger partial charge on any atom is -0.376 e. The Morgan fingerprint density at radius 2 is 2.00 bits per heavy atom. The number of aromatic nitrogens is 2. The summed E-state index contributed by atoms with van der Waals surface area (Å²) in [5, 5.41) is 3.40. The van der Waals surface area contributed by atoms with E-state index in [2.05, 4.69) is 15.3 Å². The summed E-state index contributed by atoms with van der Waals surface area (Å²) in [4.78, 5) is 21.6. The van der Waals surface area contributed by atoms with E-state index in [-0.39, 0.29) is 10.8 Å². The summed E-state index contributed by atoms with van der Waals surface area (Å²) >= 11 is 11.8. The van der Waals surface area contributed by atoms with Gasteiger partial charge in [-0.2, -0.15) is 0 Å². The second-order valence-corrected chi connectivity index (χ2v) is 5.04. The summed E-state index contributed by atoms with van der Waals surface area (Å²) in [7, 11) is 3.78. The Balaban J connectivity index is 2.18. The third-order valence-corrected chi connectivity index (χ3v) is 3.01. The van der Waals surface area contributed by atoms with Crippen molar-refractivity contribution >= 4 is 40.5 Å². The minimum atomic E-state index is -0.395. The van der Waals surface area contributed by atoms with E-state index in [0.29, 0.717) is 10.7 Å². The highest BCUT2D eigenvalue weighted by Gasteiger charge is 2.10. The summed E-state index contributed by atoms with van der Waals surface area (Å²) in [5.41, 5.74) is 1.59. The molecule has 1 amide bonds. The average molecular weight is 311 g/mol. The van der Waals surface area contributed by atoms with Crippen LogP contribution in [0.1, 0.15) is 10.5 Å². The van der Waals surface area contributed by atoms with Crippen molar-refractivity contribution in [3.8, 4) is 0 Å². The van der Waals surface area contributed by atoms with Crippen molar-refractivity contribution in [3.63, 3.8) is 0 Å². The van der Waals surface area contributed by atoms with E-state index >= 15 is 0 Å². The summed E-state index contributed by atoms with van der Waals surface area (Å²) in [5.74, 6) is -0.395. The molecule has 1 aromatic heterocycles. The highest BCUT2D eigenvalue weighted by molar-refractivity contribution is 6.33. The van der Waals surface area contributed by atoms with Crippen LogP contribution in [-0.2, 0) is 0 Å². The molecule has 5 nitrogen and oxygen atoms in total. The summed E-state index contributed by atoms with van der Waals surface area (Å²) < 4.78 is 0. The zero-order valence-corrected chi connectivity index (χ0v) is 12.4. The van der Waals surface area contributed by atoms with Crippen LogP contribution >= 0.6 is 23.2 Å². The zero-order valence-electron chi connectivity index (χ0n) is 10.9. The number of carbonyl (C=O) groups excluding carboxylic acids is 1. The first kappa shape index (κ1) is 14.6. The first-order chi connectivity index (χ1) is 9.47. The number of hydrogen-bond acceptors (Lipinski definition) is 4. The van der Waals surface area contributed by atoms with Crippen molar-refractivity contribution in [2.45, 2.75) is 0 Å². The van der Waals surface area contributed by atoms with Crippen LogP contribution in [0.4, 0.5) is 11.4 Å². The van der Waals surface area contributed by atoms with Crippen LogP contribution in [0.15, 0.2) is 30.6 Å². The number of anilines is 2. The van der Waals surface area contributed by atoms with Crippen molar-refractivity contribution < 1.29 is 4.79 Å². The molecule has 0 radical (unpaired) electrons. The second kappa shape index (κ2) is 6.07. The van der Waals surface area contributed by atoms with Gasteiger partial charge in [-0.25, -0.2) is 4.98 Å². The Morgan fingerprint density at radius 1 is 1.25 bits per heavy atom. The van der Waals surface area contributed by atoms with E-state index in [4.69, 9.17) is 23.2 Å². The van der Waals surface area contributed by atoms with E-state index in [1.165, 1.54) is 12.4 Å². The van der Waals surface area contributed by atoms with Gasteiger partial charge in [-0.1, -0.05) is 23.2 Å². The van der Waals surface area contributed by atoms with Crippen LogP contribution in [0.25, 0.3) is 0 Å². The third-order valence-electron chi connectivity index (χ3n) is 2.53.